The molecule has 1 aromatic rings. The molecule has 0 heterocycles. The number of amides is 2. The number of carbonyl (C=O) groups excluding carboxylic acids is 1. The smallest absolute Gasteiger partial charge is 0.321 e. The summed E-state index contributed by atoms with van der Waals surface area (Å²) in [6, 6.07) is 7.46. The first-order valence-corrected chi connectivity index (χ1v) is 6.81. The Balaban J connectivity index is 1.94. The summed E-state index contributed by atoms with van der Waals surface area (Å²) in [4.78, 5) is 24.6. The van der Waals surface area contributed by atoms with Crippen LogP contribution in [0.2, 0.25) is 0 Å². The molecule has 0 spiro atoms. The maximum absolute atomic E-state index is 12.2. The van der Waals surface area contributed by atoms with E-state index in [1.165, 1.54) is 0 Å². The van der Waals surface area contributed by atoms with Crippen LogP contribution in [0, 0.1) is 12.8 Å². The maximum atomic E-state index is 12.2. The van der Waals surface area contributed by atoms with Gasteiger partial charge in [-0.15, -0.1) is 0 Å². The molecule has 1 saturated carbocycles. The average Bonchev–Trinajstić information content (AvgIpc) is 2.86. The number of aliphatic carboxylic acids is 1. The van der Waals surface area contributed by atoms with Crippen molar-refractivity contribution in [3.8, 4) is 0 Å². The molecule has 108 valence electrons. The van der Waals surface area contributed by atoms with Gasteiger partial charge < -0.3 is 10.4 Å². The van der Waals surface area contributed by atoms with Crippen LogP contribution in [-0.2, 0) is 4.79 Å². The van der Waals surface area contributed by atoms with Crippen LogP contribution < -0.4 is 10.2 Å². The van der Waals surface area contributed by atoms with Gasteiger partial charge in [0.05, 0.1) is 5.92 Å². The number of benzene rings is 1. The van der Waals surface area contributed by atoms with Gasteiger partial charge in [-0.3, -0.25) is 9.69 Å². The van der Waals surface area contributed by atoms with Crippen molar-refractivity contribution >= 4 is 17.7 Å². The topological polar surface area (TPSA) is 69.6 Å². The number of anilines is 1. The second-order valence-electron chi connectivity index (χ2n) is 5.39. The molecule has 1 aliphatic rings. The van der Waals surface area contributed by atoms with Crippen LogP contribution in [0.1, 0.15) is 24.8 Å². The molecule has 1 aromatic carbocycles. The molecular weight excluding hydrogens is 256 g/mol. The lowest BCUT2D eigenvalue weighted by molar-refractivity contribution is -0.141. The molecule has 5 heteroatoms. The van der Waals surface area contributed by atoms with Crippen molar-refractivity contribution in [1.29, 1.82) is 0 Å². The van der Waals surface area contributed by atoms with Gasteiger partial charge in [0.2, 0.25) is 0 Å². The highest BCUT2D eigenvalue weighted by atomic mass is 16.4. The number of hydrogen-bond acceptors (Lipinski definition) is 2. The zero-order valence-electron chi connectivity index (χ0n) is 11.8. The van der Waals surface area contributed by atoms with Crippen LogP contribution in [-0.4, -0.2) is 30.2 Å². The summed E-state index contributed by atoms with van der Waals surface area (Å²) in [6.45, 7) is 1.98. The molecule has 2 atom stereocenters. The van der Waals surface area contributed by atoms with E-state index in [2.05, 4.69) is 5.32 Å². The zero-order valence-corrected chi connectivity index (χ0v) is 11.8. The predicted octanol–water partition coefficient (Wildman–Crippen LogP) is 2.39. The van der Waals surface area contributed by atoms with E-state index >= 15 is 0 Å². The molecule has 1 aliphatic carbocycles. The van der Waals surface area contributed by atoms with E-state index in [1.807, 2.05) is 31.2 Å². The molecule has 0 aliphatic heterocycles. The first-order valence-electron chi connectivity index (χ1n) is 6.81. The van der Waals surface area contributed by atoms with Gasteiger partial charge in [-0.25, -0.2) is 4.79 Å². The molecule has 5 nitrogen and oxygen atoms in total. The Labute approximate surface area is 118 Å². The number of urea groups is 1. The zero-order chi connectivity index (χ0) is 14.7. The van der Waals surface area contributed by atoms with Crippen LogP contribution in [0.5, 0.6) is 0 Å². The van der Waals surface area contributed by atoms with E-state index in [9.17, 15) is 9.59 Å². The fraction of sp³-hybridized carbons (Fsp3) is 0.467. The summed E-state index contributed by atoms with van der Waals surface area (Å²) in [6.07, 6.45) is 1.88. The van der Waals surface area contributed by atoms with Crippen LogP contribution in [0.3, 0.4) is 0 Å². The Morgan fingerprint density at radius 2 is 2.10 bits per heavy atom. The first kappa shape index (κ1) is 14.4. The van der Waals surface area contributed by atoms with E-state index < -0.39 is 5.97 Å². The lowest BCUT2D eigenvalue weighted by Gasteiger charge is -2.21. The van der Waals surface area contributed by atoms with Crippen molar-refractivity contribution in [2.45, 2.75) is 32.2 Å². The van der Waals surface area contributed by atoms with Crippen molar-refractivity contribution in [3.05, 3.63) is 29.8 Å². The Morgan fingerprint density at radius 1 is 1.35 bits per heavy atom. The van der Waals surface area contributed by atoms with Gasteiger partial charge in [-0.1, -0.05) is 12.1 Å². The Kier molecular flexibility index (Phi) is 4.27. The van der Waals surface area contributed by atoms with Gasteiger partial charge in [0.25, 0.3) is 0 Å². The number of nitrogens with zero attached hydrogens (tertiary/aromatic N) is 1. The summed E-state index contributed by atoms with van der Waals surface area (Å²) >= 11 is 0. The van der Waals surface area contributed by atoms with Crippen molar-refractivity contribution in [2.24, 2.45) is 5.92 Å². The number of rotatable bonds is 3. The number of carboxylic acid groups (broad SMARTS) is 1. The minimum absolute atomic E-state index is 0.0455. The molecular formula is C15H20N2O3. The quantitative estimate of drug-likeness (QED) is 0.890. The minimum Gasteiger partial charge on any atom is -0.481 e. The van der Waals surface area contributed by atoms with Crippen molar-refractivity contribution in [1.82, 2.24) is 5.32 Å². The van der Waals surface area contributed by atoms with Gasteiger partial charge in [-0.2, -0.15) is 0 Å². The predicted molar refractivity (Wildman–Crippen MR) is 76.9 cm³/mol. The third-order valence-electron chi connectivity index (χ3n) is 3.80. The SMILES string of the molecule is Cc1cccc(N(C)C(=O)N[C@H]2CC[C@@H](C(=O)O)C2)c1. The van der Waals surface area contributed by atoms with E-state index in [4.69, 9.17) is 5.11 Å². The second-order valence-corrected chi connectivity index (χ2v) is 5.39. The summed E-state index contributed by atoms with van der Waals surface area (Å²) in [7, 11) is 1.72. The number of carboxylic acids is 1. The molecule has 0 radical (unpaired) electrons. The summed E-state index contributed by atoms with van der Waals surface area (Å²) in [5, 5.41) is 11.9. The Morgan fingerprint density at radius 3 is 2.70 bits per heavy atom. The van der Waals surface area contributed by atoms with E-state index in [0.29, 0.717) is 12.8 Å². The average molecular weight is 276 g/mol. The fourth-order valence-corrected chi connectivity index (χ4v) is 2.56. The standard InChI is InChI=1S/C15H20N2O3/c1-10-4-3-5-13(8-10)17(2)15(20)16-12-7-6-11(9-12)14(18)19/h3-5,8,11-12H,6-7,9H2,1-2H3,(H,16,20)(H,18,19)/t11-,12+/m1/s1. The normalized spacial score (nSPS) is 21.5. The lowest BCUT2D eigenvalue weighted by Crippen LogP contribution is -2.42. The Hall–Kier alpha value is -2.04. The lowest BCUT2D eigenvalue weighted by atomic mass is 10.1. The van der Waals surface area contributed by atoms with Gasteiger partial charge in [0.15, 0.2) is 0 Å². The molecule has 1 fully saturated rings. The van der Waals surface area contributed by atoms with E-state index in [-0.39, 0.29) is 18.0 Å². The summed E-state index contributed by atoms with van der Waals surface area (Å²) < 4.78 is 0. The Bertz CT molecular complexity index is 516. The number of aryl methyl sites for hydroxylation is 1. The first-order chi connectivity index (χ1) is 9.47. The highest BCUT2D eigenvalue weighted by molar-refractivity contribution is 5.91. The minimum atomic E-state index is -0.770. The molecule has 0 bridgehead atoms. The van der Waals surface area contributed by atoms with Crippen LogP contribution in [0.15, 0.2) is 24.3 Å². The molecule has 2 amide bonds. The second kappa shape index (κ2) is 5.94. The molecule has 20 heavy (non-hydrogen) atoms. The summed E-state index contributed by atoms with van der Waals surface area (Å²) in [5.41, 5.74) is 1.92. The molecule has 2 N–H and O–H groups in total. The van der Waals surface area contributed by atoms with Gasteiger partial charge in [-0.05, 0) is 43.9 Å². The third-order valence-corrected chi connectivity index (χ3v) is 3.80. The monoisotopic (exact) mass is 276 g/mol. The third kappa shape index (κ3) is 3.29. The molecule has 2 rings (SSSR count). The van der Waals surface area contributed by atoms with Crippen LogP contribution in [0.25, 0.3) is 0 Å². The highest BCUT2D eigenvalue weighted by Crippen LogP contribution is 2.26. The van der Waals surface area contributed by atoms with Crippen LogP contribution in [0.4, 0.5) is 10.5 Å². The largest absolute Gasteiger partial charge is 0.481 e. The van der Waals surface area contributed by atoms with Gasteiger partial charge >= 0.3 is 12.0 Å². The van der Waals surface area contributed by atoms with Gasteiger partial charge in [0.1, 0.15) is 0 Å². The van der Waals surface area contributed by atoms with Crippen LogP contribution >= 0.6 is 0 Å². The molecule has 0 saturated heterocycles. The number of carbonyl (C=O) groups is 2. The molecule has 0 unspecified atom stereocenters. The van der Waals surface area contributed by atoms with Crippen molar-refractivity contribution in [2.75, 3.05) is 11.9 Å². The number of nitrogens with one attached hydrogen (secondary N) is 1. The highest BCUT2D eigenvalue weighted by Gasteiger charge is 2.31. The van der Waals surface area contributed by atoms with Crippen molar-refractivity contribution in [3.63, 3.8) is 0 Å². The summed E-state index contributed by atoms with van der Waals surface area (Å²) in [5.74, 6) is -1.10. The molecule has 0 aromatic heterocycles. The number of hydrogen-bond donors (Lipinski definition) is 2. The maximum Gasteiger partial charge on any atom is 0.321 e. The fourth-order valence-electron chi connectivity index (χ4n) is 2.56. The van der Waals surface area contributed by atoms with Gasteiger partial charge in [0, 0.05) is 18.8 Å². The van der Waals surface area contributed by atoms with Crippen molar-refractivity contribution < 1.29 is 14.7 Å². The van der Waals surface area contributed by atoms with E-state index in [0.717, 1.165) is 17.7 Å². The van der Waals surface area contributed by atoms with E-state index in [1.54, 1.807) is 11.9 Å².